The molecule has 18 heavy (non-hydrogen) atoms. The number of hydrogen-bond donors (Lipinski definition) is 1. The first-order valence-corrected chi connectivity index (χ1v) is 6.13. The highest BCUT2D eigenvalue weighted by molar-refractivity contribution is 5.70. The fourth-order valence-electron chi connectivity index (χ4n) is 1.90. The Balaban J connectivity index is 2.50. The molecule has 6 nitrogen and oxygen atoms in total. The van der Waals surface area contributed by atoms with E-state index < -0.39 is 11.6 Å². The molecule has 1 aliphatic heterocycles. The lowest BCUT2D eigenvalue weighted by atomic mass is 10.2. The molecule has 0 bridgehead atoms. The van der Waals surface area contributed by atoms with Gasteiger partial charge in [0.05, 0.1) is 6.54 Å². The fourth-order valence-corrected chi connectivity index (χ4v) is 1.90. The average molecular weight is 258 g/mol. The molecule has 6 heteroatoms. The highest BCUT2D eigenvalue weighted by atomic mass is 16.6. The molecule has 0 unspecified atom stereocenters. The van der Waals surface area contributed by atoms with Gasteiger partial charge in [-0.25, -0.2) is 4.79 Å². The molecule has 1 saturated heterocycles. The SMILES string of the molecule is C[C@H]1CN(C(=O)OC(C)(C)C)CCN1CC(=O)O. The Kier molecular flexibility index (Phi) is 4.56. The summed E-state index contributed by atoms with van der Waals surface area (Å²) in [6.07, 6.45) is -0.329. The third-order valence-electron chi connectivity index (χ3n) is 2.76. The first-order valence-electron chi connectivity index (χ1n) is 6.13. The summed E-state index contributed by atoms with van der Waals surface area (Å²) >= 11 is 0. The van der Waals surface area contributed by atoms with Crippen molar-refractivity contribution < 1.29 is 19.4 Å². The van der Waals surface area contributed by atoms with E-state index in [9.17, 15) is 9.59 Å². The van der Waals surface area contributed by atoms with Crippen molar-refractivity contribution in [3.8, 4) is 0 Å². The van der Waals surface area contributed by atoms with Crippen LogP contribution in [0.1, 0.15) is 27.7 Å². The average Bonchev–Trinajstić information content (AvgIpc) is 2.17. The van der Waals surface area contributed by atoms with Gasteiger partial charge in [-0.15, -0.1) is 0 Å². The lowest BCUT2D eigenvalue weighted by Crippen LogP contribution is -2.55. The highest BCUT2D eigenvalue weighted by Gasteiger charge is 2.30. The third-order valence-corrected chi connectivity index (χ3v) is 2.76. The Bertz CT molecular complexity index is 325. The zero-order chi connectivity index (χ0) is 13.9. The predicted molar refractivity (Wildman–Crippen MR) is 66.5 cm³/mol. The maximum atomic E-state index is 11.9. The summed E-state index contributed by atoms with van der Waals surface area (Å²) in [6.45, 7) is 8.99. The number of nitrogens with zero attached hydrogens (tertiary/aromatic N) is 2. The molecule has 0 saturated carbocycles. The second-order valence-electron chi connectivity index (χ2n) is 5.64. The Hall–Kier alpha value is -1.30. The van der Waals surface area contributed by atoms with Gasteiger partial charge in [0.1, 0.15) is 5.60 Å². The van der Waals surface area contributed by atoms with Gasteiger partial charge in [0, 0.05) is 25.7 Å². The summed E-state index contributed by atoms with van der Waals surface area (Å²) in [4.78, 5) is 26.0. The molecule has 104 valence electrons. The van der Waals surface area contributed by atoms with Crippen LogP contribution in [0, 0.1) is 0 Å². The van der Waals surface area contributed by atoms with E-state index in [4.69, 9.17) is 9.84 Å². The van der Waals surface area contributed by atoms with Crippen molar-refractivity contribution in [3.63, 3.8) is 0 Å². The van der Waals surface area contributed by atoms with Crippen LogP contribution in [-0.2, 0) is 9.53 Å². The molecule has 0 aromatic rings. The van der Waals surface area contributed by atoms with Crippen LogP contribution < -0.4 is 0 Å². The summed E-state index contributed by atoms with van der Waals surface area (Å²) in [6, 6.07) is 0.0300. The summed E-state index contributed by atoms with van der Waals surface area (Å²) in [5.74, 6) is -0.840. The molecule has 1 rings (SSSR count). The molecule has 0 radical (unpaired) electrons. The number of amides is 1. The van der Waals surface area contributed by atoms with Gasteiger partial charge >= 0.3 is 12.1 Å². The van der Waals surface area contributed by atoms with Gasteiger partial charge in [0.25, 0.3) is 0 Å². The minimum atomic E-state index is -0.840. The number of carboxylic acid groups (broad SMARTS) is 1. The van der Waals surface area contributed by atoms with E-state index in [0.717, 1.165) is 0 Å². The van der Waals surface area contributed by atoms with Gasteiger partial charge in [0.2, 0.25) is 0 Å². The molecule has 1 atom stereocenters. The molecule has 0 aliphatic carbocycles. The topological polar surface area (TPSA) is 70.1 Å². The van der Waals surface area contributed by atoms with Gasteiger partial charge in [-0.2, -0.15) is 0 Å². The van der Waals surface area contributed by atoms with E-state index in [1.165, 1.54) is 0 Å². The standard InChI is InChI=1S/C12H22N2O4/c1-9-7-14(11(17)18-12(2,3)4)6-5-13(9)8-10(15)16/h9H,5-8H2,1-4H3,(H,15,16)/t9-/m0/s1. The van der Waals surface area contributed by atoms with Gasteiger partial charge in [-0.1, -0.05) is 0 Å². The van der Waals surface area contributed by atoms with Crippen LogP contribution >= 0.6 is 0 Å². The van der Waals surface area contributed by atoms with E-state index in [1.54, 1.807) is 4.90 Å². The maximum Gasteiger partial charge on any atom is 0.410 e. The number of ether oxygens (including phenoxy) is 1. The van der Waals surface area contributed by atoms with Crippen LogP contribution in [0.4, 0.5) is 4.79 Å². The van der Waals surface area contributed by atoms with Crippen LogP contribution in [0.15, 0.2) is 0 Å². The second-order valence-corrected chi connectivity index (χ2v) is 5.64. The minimum Gasteiger partial charge on any atom is -0.480 e. The molecule has 1 aliphatic rings. The fraction of sp³-hybridized carbons (Fsp3) is 0.833. The van der Waals surface area contributed by atoms with Crippen molar-refractivity contribution in [3.05, 3.63) is 0 Å². The molecule has 0 spiro atoms. The van der Waals surface area contributed by atoms with Gasteiger partial charge < -0.3 is 14.7 Å². The first-order chi connectivity index (χ1) is 8.19. The van der Waals surface area contributed by atoms with Crippen LogP contribution in [0.25, 0.3) is 0 Å². The van der Waals surface area contributed by atoms with Crippen molar-refractivity contribution in [2.24, 2.45) is 0 Å². The third kappa shape index (κ3) is 4.52. The summed E-state index contributed by atoms with van der Waals surface area (Å²) in [5, 5.41) is 8.76. The van der Waals surface area contributed by atoms with Crippen molar-refractivity contribution in [2.75, 3.05) is 26.2 Å². The van der Waals surface area contributed by atoms with E-state index >= 15 is 0 Å². The molecule has 1 heterocycles. The molecular formula is C12H22N2O4. The monoisotopic (exact) mass is 258 g/mol. The number of rotatable bonds is 2. The van der Waals surface area contributed by atoms with E-state index in [2.05, 4.69) is 0 Å². The predicted octanol–water partition coefficient (Wildman–Crippen LogP) is 1.01. The van der Waals surface area contributed by atoms with Crippen molar-refractivity contribution in [1.82, 2.24) is 9.80 Å². The highest BCUT2D eigenvalue weighted by Crippen LogP contribution is 2.14. The zero-order valence-corrected chi connectivity index (χ0v) is 11.5. The van der Waals surface area contributed by atoms with Crippen LogP contribution in [0.2, 0.25) is 0 Å². The van der Waals surface area contributed by atoms with Gasteiger partial charge in [-0.3, -0.25) is 9.69 Å². The van der Waals surface area contributed by atoms with E-state index in [0.29, 0.717) is 19.6 Å². The minimum absolute atomic E-state index is 0.0172. The summed E-state index contributed by atoms with van der Waals surface area (Å²) < 4.78 is 5.29. The second kappa shape index (κ2) is 5.56. The number of carbonyl (C=O) groups is 2. The normalized spacial score (nSPS) is 21.8. The Morgan fingerprint density at radius 2 is 1.94 bits per heavy atom. The number of carboxylic acids is 1. The molecular weight excluding hydrogens is 236 g/mol. The Morgan fingerprint density at radius 1 is 1.33 bits per heavy atom. The lowest BCUT2D eigenvalue weighted by Gasteiger charge is -2.39. The summed E-state index contributed by atoms with van der Waals surface area (Å²) in [7, 11) is 0. The molecule has 0 aromatic carbocycles. The van der Waals surface area contributed by atoms with Crippen LogP contribution in [0.3, 0.4) is 0 Å². The lowest BCUT2D eigenvalue weighted by molar-refractivity contribution is -0.139. The largest absolute Gasteiger partial charge is 0.480 e. The van der Waals surface area contributed by atoms with Gasteiger partial charge in [-0.05, 0) is 27.7 Å². The summed E-state index contributed by atoms with van der Waals surface area (Å²) in [5.41, 5.74) is -0.501. The molecule has 0 aromatic heterocycles. The smallest absolute Gasteiger partial charge is 0.410 e. The van der Waals surface area contributed by atoms with Crippen molar-refractivity contribution in [2.45, 2.75) is 39.3 Å². The Labute approximate surface area is 107 Å². The molecule has 1 amide bonds. The number of carbonyl (C=O) groups excluding carboxylic acids is 1. The van der Waals surface area contributed by atoms with E-state index in [-0.39, 0.29) is 18.7 Å². The quantitative estimate of drug-likeness (QED) is 0.800. The van der Waals surface area contributed by atoms with Crippen LogP contribution in [-0.4, -0.2) is 64.8 Å². The number of piperazine rings is 1. The van der Waals surface area contributed by atoms with E-state index in [1.807, 2.05) is 32.6 Å². The Morgan fingerprint density at radius 3 is 2.39 bits per heavy atom. The first kappa shape index (κ1) is 14.8. The van der Waals surface area contributed by atoms with Gasteiger partial charge in [0.15, 0.2) is 0 Å². The number of aliphatic carboxylic acids is 1. The zero-order valence-electron chi connectivity index (χ0n) is 11.5. The van der Waals surface area contributed by atoms with Crippen molar-refractivity contribution >= 4 is 12.1 Å². The molecule has 1 N–H and O–H groups in total. The van der Waals surface area contributed by atoms with Crippen molar-refractivity contribution in [1.29, 1.82) is 0 Å². The number of hydrogen-bond acceptors (Lipinski definition) is 4. The molecule has 1 fully saturated rings. The maximum absolute atomic E-state index is 11.9. The van der Waals surface area contributed by atoms with Crippen LogP contribution in [0.5, 0.6) is 0 Å².